The summed E-state index contributed by atoms with van der Waals surface area (Å²) in [6, 6.07) is 0.733. The van der Waals surface area contributed by atoms with Crippen molar-refractivity contribution in [3.05, 3.63) is 0 Å². The molecule has 0 aromatic carbocycles. The Morgan fingerprint density at radius 1 is 1.05 bits per heavy atom. The molecule has 1 saturated carbocycles. The fourth-order valence-corrected chi connectivity index (χ4v) is 4.45. The van der Waals surface area contributed by atoms with Gasteiger partial charge in [-0.1, -0.05) is 0 Å². The van der Waals surface area contributed by atoms with E-state index >= 15 is 0 Å². The molecule has 2 saturated heterocycles. The van der Waals surface area contributed by atoms with Gasteiger partial charge < -0.3 is 10.2 Å². The second-order valence-corrected chi connectivity index (χ2v) is 7.16. The largest absolute Gasteiger partial charge is 0.314 e. The molecule has 3 fully saturated rings. The predicted octanol–water partition coefficient (Wildman–Crippen LogP) is 3.28. The molecule has 3 aliphatic rings. The summed E-state index contributed by atoms with van der Waals surface area (Å²) in [6.45, 7) is 4.32. The third kappa shape index (κ3) is 3.70. The number of likely N-dealkylation sites (tertiary alicyclic amines) is 1. The Morgan fingerprint density at radius 3 is 2.50 bits per heavy atom. The summed E-state index contributed by atoms with van der Waals surface area (Å²) in [5.74, 6) is -1.35. The van der Waals surface area contributed by atoms with E-state index in [1.807, 2.05) is 0 Å². The number of rotatable bonds is 3. The Bertz CT molecular complexity index is 308. The number of nitrogens with one attached hydrogen (secondary N) is 1. The van der Waals surface area contributed by atoms with Crippen molar-refractivity contribution in [3.63, 3.8) is 0 Å². The summed E-state index contributed by atoms with van der Waals surface area (Å²) < 4.78 is 26.9. The number of piperidine rings is 1. The molecular weight excluding hydrogens is 258 g/mol. The van der Waals surface area contributed by atoms with Gasteiger partial charge in [0.2, 0.25) is 5.92 Å². The van der Waals surface area contributed by atoms with Crippen LogP contribution in [0.25, 0.3) is 0 Å². The maximum absolute atomic E-state index is 13.4. The van der Waals surface area contributed by atoms with Crippen molar-refractivity contribution < 1.29 is 8.78 Å². The predicted molar refractivity (Wildman–Crippen MR) is 77.1 cm³/mol. The molecule has 1 N–H and O–H groups in total. The van der Waals surface area contributed by atoms with Gasteiger partial charge in [-0.3, -0.25) is 0 Å². The van der Waals surface area contributed by atoms with Crippen LogP contribution in [0.1, 0.15) is 51.4 Å². The van der Waals surface area contributed by atoms with Crippen LogP contribution in [0.4, 0.5) is 8.78 Å². The summed E-state index contributed by atoms with van der Waals surface area (Å²) >= 11 is 0. The van der Waals surface area contributed by atoms with E-state index in [1.165, 1.54) is 32.2 Å². The quantitative estimate of drug-likeness (QED) is 0.856. The van der Waals surface area contributed by atoms with E-state index in [0.717, 1.165) is 38.0 Å². The number of alkyl halides is 2. The minimum absolute atomic E-state index is 0.110. The zero-order valence-electron chi connectivity index (χ0n) is 12.4. The third-order valence-electron chi connectivity index (χ3n) is 5.56. The first kappa shape index (κ1) is 14.7. The van der Waals surface area contributed by atoms with Gasteiger partial charge in [-0.15, -0.1) is 0 Å². The van der Waals surface area contributed by atoms with Crippen LogP contribution in [0, 0.1) is 11.8 Å². The Kier molecular flexibility index (Phi) is 4.61. The van der Waals surface area contributed by atoms with E-state index in [9.17, 15) is 8.78 Å². The van der Waals surface area contributed by atoms with Crippen molar-refractivity contribution >= 4 is 0 Å². The van der Waals surface area contributed by atoms with E-state index in [4.69, 9.17) is 0 Å². The molecule has 1 aliphatic carbocycles. The Morgan fingerprint density at radius 2 is 1.85 bits per heavy atom. The van der Waals surface area contributed by atoms with Crippen LogP contribution in [-0.4, -0.2) is 43.0 Å². The zero-order valence-corrected chi connectivity index (χ0v) is 12.4. The lowest BCUT2D eigenvalue weighted by Crippen LogP contribution is -2.43. The lowest BCUT2D eigenvalue weighted by Gasteiger charge is -2.38. The molecule has 3 rings (SSSR count). The standard InChI is InChI=1S/C16H28F2N2/c17-16(18)7-1-3-13(11-16)12-20-9-5-14(6-10-20)15-4-2-8-19-15/h13-15,19H,1-12H2. The average Bonchev–Trinajstić information content (AvgIpc) is 2.92. The van der Waals surface area contributed by atoms with Crippen molar-refractivity contribution in [1.82, 2.24) is 10.2 Å². The van der Waals surface area contributed by atoms with Crippen LogP contribution in [0.2, 0.25) is 0 Å². The van der Waals surface area contributed by atoms with Crippen LogP contribution < -0.4 is 5.32 Å². The first-order valence-corrected chi connectivity index (χ1v) is 8.46. The van der Waals surface area contributed by atoms with E-state index in [0.29, 0.717) is 6.42 Å². The molecule has 0 spiro atoms. The Labute approximate surface area is 121 Å². The van der Waals surface area contributed by atoms with Crippen molar-refractivity contribution in [2.24, 2.45) is 11.8 Å². The highest BCUT2D eigenvalue weighted by atomic mass is 19.3. The minimum Gasteiger partial charge on any atom is -0.314 e. The number of hydrogen-bond acceptors (Lipinski definition) is 2. The molecule has 0 bridgehead atoms. The highest BCUT2D eigenvalue weighted by molar-refractivity contribution is 4.87. The number of hydrogen-bond donors (Lipinski definition) is 1. The van der Waals surface area contributed by atoms with E-state index in [2.05, 4.69) is 10.2 Å². The normalized spacial score (nSPS) is 36.3. The molecule has 0 amide bonds. The first-order valence-electron chi connectivity index (χ1n) is 8.46. The molecule has 2 aliphatic heterocycles. The van der Waals surface area contributed by atoms with Gasteiger partial charge in [-0.05, 0) is 70.0 Å². The van der Waals surface area contributed by atoms with Crippen LogP contribution in [0.5, 0.6) is 0 Å². The van der Waals surface area contributed by atoms with Crippen molar-refractivity contribution in [2.45, 2.75) is 63.3 Å². The van der Waals surface area contributed by atoms with Crippen molar-refractivity contribution in [2.75, 3.05) is 26.2 Å². The molecule has 20 heavy (non-hydrogen) atoms. The highest BCUT2D eigenvalue weighted by Gasteiger charge is 2.37. The molecule has 116 valence electrons. The van der Waals surface area contributed by atoms with Gasteiger partial charge in [0.15, 0.2) is 0 Å². The molecule has 2 nitrogen and oxygen atoms in total. The minimum atomic E-state index is -2.39. The lowest BCUT2D eigenvalue weighted by atomic mass is 9.84. The third-order valence-corrected chi connectivity index (χ3v) is 5.56. The summed E-state index contributed by atoms with van der Waals surface area (Å²) in [7, 11) is 0. The fourth-order valence-electron chi connectivity index (χ4n) is 4.45. The molecule has 0 aromatic rings. The molecule has 0 radical (unpaired) electrons. The molecule has 2 heterocycles. The van der Waals surface area contributed by atoms with Crippen LogP contribution >= 0.6 is 0 Å². The fraction of sp³-hybridized carbons (Fsp3) is 1.00. The Balaban J connectivity index is 1.42. The summed E-state index contributed by atoms with van der Waals surface area (Å²) in [6.07, 6.45) is 7.10. The smallest absolute Gasteiger partial charge is 0.248 e. The van der Waals surface area contributed by atoms with Gasteiger partial charge in [0, 0.05) is 25.4 Å². The van der Waals surface area contributed by atoms with Gasteiger partial charge in [0.1, 0.15) is 0 Å². The summed E-state index contributed by atoms with van der Waals surface area (Å²) in [5.41, 5.74) is 0. The monoisotopic (exact) mass is 286 g/mol. The molecular formula is C16H28F2N2. The zero-order chi connectivity index (χ0) is 14.0. The van der Waals surface area contributed by atoms with E-state index in [-0.39, 0.29) is 18.8 Å². The maximum atomic E-state index is 13.4. The average molecular weight is 286 g/mol. The van der Waals surface area contributed by atoms with Crippen LogP contribution in [0.3, 0.4) is 0 Å². The second-order valence-electron chi connectivity index (χ2n) is 7.16. The van der Waals surface area contributed by atoms with Crippen LogP contribution in [0.15, 0.2) is 0 Å². The second kappa shape index (κ2) is 6.27. The summed E-state index contributed by atoms with van der Waals surface area (Å²) in [4.78, 5) is 2.44. The van der Waals surface area contributed by atoms with Gasteiger partial charge in [0.25, 0.3) is 0 Å². The van der Waals surface area contributed by atoms with E-state index in [1.54, 1.807) is 0 Å². The highest BCUT2D eigenvalue weighted by Crippen LogP contribution is 2.37. The maximum Gasteiger partial charge on any atom is 0.248 e. The number of halogens is 2. The van der Waals surface area contributed by atoms with Gasteiger partial charge in [-0.2, -0.15) is 0 Å². The molecule has 0 aromatic heterocycles. The SMILES string of the molecule is FC1(F)CCCC(CN2CCC(C3CCCN3)CC2)C1. The van der Waals surface area contributed by atoms with Crippen LogP contribution in [-0.2, 0) is 0 Å². The van der Waals surface area contributed by atoms with Gasteiger partial charge in [-0.25, -0.2) is 8.78 Å². The van der Waals surface area contributed by atoms with E-state index < -0.39 is 5.92 Å². The first-order chi connectivity index (χ1) is 9.62. The Hall–Kier alpha value is -0.220. The van der Waals surface area contributed by atoms with Crippen molar-refractivity contribution in [3.8, 4) is 0 Å². The van der Waals surface area contributed by atoms with Crippen molar-refractivity contribution in [1.29, 1.82) is 0 Å². The van der Waals surface area contributed by atoms with Gasteiger partial charge >= 0.3 is 0 Å². The van der Waals surface area contributed by atoms with Gasteiger partial charge in [0.05, 0.1) is 0 Å². The molecule has 2 atom stereocenters. The molecule has 2 unspecified atom stereocenters. The lowest BCUT2D eigenvalue weighted by molar-refractivity contribution is -0.0581. The summed E-state index contributed by atoms with van der Waals surface area (Å²) in [5, 5.41) is 3.62. The number of nitrogens with zero attached hydrogens (tertiary/aromatic N) is 1. The topological polar surface area (TPSA) is 15.3 Å². The molecule has 4 heteroatoms.